The molecule has 3 aromatic rings. The van der Waals surface area contributed by atoms with Gasteiger partial charge in [-0.3, -0.25) is 4.79 Å². The van der Waals surface area contributed by atoms with Crippen LogP contribution >= 0.6 is 0 Å². The van der Waals surface area contributed by atoms with Crippen molar-refractivity contribution in [1.29, 1.82) is 0 Å². The first-order chi connectivity index (χ1) is 16.8. The molecule has 0 saturated heterocycles. The second kappa shape index (κ2) is 10.1. The fourth-order valence-electron chi connectivity index (χ4n) is 4.53. The summed E-state index contributed by atoms with van der Waals surface area (Å²) in [5.74, 6) is 0.0926. The molecule has 2 heterocycles. The number of aryl methyl sites for hydroxylation is 1. The molecule has 0 spiro atoms. The van der Waals surface area contributed by atoms with E-state index in [1.54, 1.807) is 17.9 Å². The van der Waals surface area contributed by atoms with Gasteiger partial charge in [-0.05, 0) is 75.2 Å². The maximum Gasteiger partial charge on any atom is 0.340 e. The number of methoxy groups -OCH3 is 1. The van der Waals surface area contributed by atoms with Crippen molar-refractivity contribution >= 4 is 18.0 Å². The van der Waals surface area contributed by atoms with Crippen molar-refractivity contribution in [2.75, 3.05) is 13.7 Å². The molecule has 0 aliphatic carbocycles. The third-order valence-electron chi connectivity index (χ3n) is 6.26. The molecule has 180 valence electrons. The number of benzene rings is 2. The number of carbonyl (C=O) groups excluding carboxylic acids is 2. The SMILES string of the molecule is CCOc1ccc(-n2c(C)cc(C=C3C(=O)N(Cc4ccccc4)C(C)=C3C(=O)OC)c2C)cc1. The lowest BCUT2D eigenvalue weighted by Crippen LogP contribution is -2.24. The van der Waals surface area contributed by atoms with Crippen molar-refractivity contribution < 1.29 is 19.1 Å². The van der Waals surface area contributed by atoms with E-state index in [4.69, 9.17) is 9.47 Å². The molecular weight excluding hydrogens is 440 g/mol. The number of esters is 1. The summed E-state index contributed by atoms with van der Waals surface area (Å²) in [5.41, 5.74) is 6.08. The predicted molar refractivity (Wildman–Crippen MR) is 136 cm³/mol. The smallest absolute Gasteiger partial charge is 0.340 e. The highest BCUT2D eigenvalue weighted by molar-refractivity contribution is 6.16. The minimum Gasteiger partial charge on any atom is -0.494 e. The average Bonchev–Trinajstić information content (AvgIpc) is 3.27. The Balaban J connectivity index is 1.74. The molecule has 6 heteroatoms. The van der Waals surface area contributed by atoms with Gasteiger partial charge in [0.15, 0.2) is 0 Å². The molecule has 4 rings (SSSR count). The summed E-state index contributed by atoms with van der Waals surface area (Å²) in [7, 11) is 1.34. The van der Waals surface area contributed by atoms with Crippen LogP contribution in [0.25, 0.3) is 11.8 Å². The summed E-state index contributed by atoms with van der Waals surface area (Å²) in [5, 5.41) is 0. The highest BCUT2D eigenvalue weighted by Crippen LogP contribution is 2.34. The van der Waals surface area contributed by atoms with Crippen molar-refractivity contribution in [2.45, 2.75) is 34.2 Å². The van der Waals surface area contributed by atoms with E-state index in [9.17, 15) is 9.59 Å². The second-order valence-corrected chi connectivity index (χ2v) is 8.48. The standard InChI is InChI=1S/C29H30N2O4/c1-6-35-25-14-12-24(13-15-25)31-19(2)16-23(20(31)3)17-26-27(29(33)34-5)21(4)30(28(26)32)18-22-10-8-7-9-11-22/h7-17H,6,18H2,1-5H3. The van der Waals surface area contributed by atoms with Gasteiger partial charge in [0.05, 0.1) is 31.4 Å². The normalized spacial score (nSPS) is 14.7. The first-order valence-corrected chi connectivity index (χ1v) is 11.6. The number of hydrogen-bond acceptors (Lipinski definition) is 4. The first-order valence-electron chi connectivity index (χ1n) is 11.6. The van der Waals surface area contributed by atoms with Crippen LogP contribution < -0.4 is 4.74 Å². The third-order valence-corrected chi connectivity index (χ3v) is 6.26. The zero-order valence-corrected chi connectivity index (χ0v) is 20.8. The summed E-state index contributed by atoms with van der Waals surface area (Å²) >= 11 is 0. The third kappa shape index (κ3) is 4.64. The first kappa shape index (κ1) is 24.1. The molecule has 0 atom stereocenters. The number of nitrogens with zero attached hydrogens (tertiary/aromatic N) is 2. The maximum absolute atomic E-state index is 13.5. The highest BCUT2D eigenvalue weighted by Gasteiger charge is 2.37. The van der Waals surface area contributed by atoms with E-state index in [0.717, 1.165) is 34.0 Å². The summed E-state index contributed by atoms with van der Waals surface area (Å²) in [6.07, 6.45) is 1.80. The fourth-order valence-corrected chi connectivity index (χ4v) is 4.53. The van der Waals surface area contributed by atoms with Crippen LogP contribution in [0.3, 0.4) is 0 Å². The molecule has 0 unspecified atom stereocenters. The minimum absolute atomic E-state index is 0.211. The number of allylic oxidation sites excluding steroid dienone is 1. The van der Waals surface area contributed by atoms with Crippen LogP contribution in [0.15, 0.2) is 77.5 Å². The van der Waals surface area contributed by atoms with E-state index in [1.807, 2.05) is 81.4 Å². The lowest BCUT2D eigenvalue weighted by molar-refractivity contribution is -0.136. The van der Waals surface area contributed by atoms with Gasteiger partial charge in [0.2, 0.25) is 0 Å². The van der Waals surface area contributed by atoms with Crippen molar-refractivity contribution in [3.05, 3.63) is 100 Å². The number of rotatable bonds is 7. The van der Waals surface area contributed by atoms with Crippen molar-refractivity contribution in [1.82, 2.24) is 9.47 Å². The van der Waals surface area contributed by atoms with E-state index in [0.29, 0.717) is 30.0 Å². The van der Waals surface area contributed by atoms with Crippen molar-refractivity contribution in [3.8, 4) is 11.4 Å². The van der Waals surface area contributed by atoms with Gasteiger partial charge < -0.3 is 18.9 Å². The zero-order chi connectivity index (χ0) is 25.1. The molecule has 1 aliphatic rings. The Labute approximate surface area is 206 Å². The van der Waals surface area contributed by atoms with Crippen LogP contribution in [0, 0.1) is 13.8 Å². The van der Waals surface area contributed by atoms with Gasteiger partial charge in [-0.1, -0.05) is 30.3 Å². The van der Waals surface area contributed by atoms with Gasteiger partial charge in [-0.25, -0.2) is 4.79 Å². The molecule has 1 amide bonds. The van der Waals surface area contributed by atoms with Crippen molar-refractivity contribution in [2.24, 2.45) is 0 Å². The lowest BCUT2D eigenvalue weighted by Gasteiger charge is -2.17. The van der Waals surface area contributed by atoms with Crippen LogP contribution in [0.4, 0.5) is 0 Å². The van der Waals surface area contributed by atoms with Crippen LogP contribution in [-0.4, -0.2) is 35.1 Å². The van der Waals surface area contributed by atoms with E-state index in [1.165, 1.54) is 7.11 Å². The topological polar surface area (TPSA) is 60.8 Å². The number of carbonyl (C=O) groups is 2. The molecular formula is C29H30N2O4. The Hall–Kier alpha value is -4.06. The van der Waals surface area contributed by atoms with Gasteiger partial charge in [-0.15, -0.1) is 0 Å². The largest absolute Gasteiger partial charge is 0.494 e. The van der Waals surface area contributed by atoms with E-state index in [-0.39, 0.29) is 5.91 Å². The summed E-state index contributed by atoms with van der Waals surface area (Å²) < 4.78 is 12.7. The summed E-state index contributed by atoms with van der Waals surface area (Å²) in [4.78, 5) is 27.9. The number of amides is 1. The second-order valence-electron chi connectivity index (χ2n) is 8.48. The van der Waals surface area contributed by atoms with Gasteiger partial charge >= 0.3 is 5.97 Å². The number of aromatic nitrogens is 1. The van der Waals surface area contributed by atoms with Gasteiger partial charge in [0.25, 0.3) is 5.91 Å². The lowest BCUT2D eigenvalue weighted by atomic mass is 10.0. The quantitative estimate of drug-likeness (QED) is 0.344. The Bertz CT molecular complexity index is 1310. The molecule has 0 bridgehead atoms. The fraction of sp³-hybridized carbons (Fsp3) is 0.241. The van der Waals surface area contributed by atoms with Crippen molar-refractivity contribution in [3.63, 3.8) is 0 Å². The molecule has 0 fully saturated rings. The summed E-state index contributed by atoms with van der Waals surface area (Å²) in [6, 6.07) is 19.7. The number of ether oxygens (including phenoxy) is 2. The van der Waals surface area contributed by atoms with Crippen LogP contribution in [0.2, 0.25) is 0 Å². The molecule has 1 aromatic heterocycles. The average molecular weight is 471 g/mol. The zero-order valence-electron chi connectivity index (χ0n) is 20.8. The highest BCUT2D eigenvalue weighted by atomic mass is 16.5. The molecule has 2 aromatic carbocycles. The number of hydrogen-bond donors (Lipinski definition) is 0. The summed E-state index contributed by atoms with van der Waals surface area (Å²) in [6.45, 7) is 8.77. The maximum atomic E-state index is 13.5. The Morgan fingerprint density at radius 2 is 1.69 bits per heavy atom. The monoisotopic (exact) mass is 470 g/mol. The van der Waals surface area contributed by atoms with E-state index >= 15 is 0 Å². The van der Waals surface area contributed by atoms with E-state index in [2.05, 4.69) is 4.57 Å². The van der Waals surface area contributed by atoms with E-state index < -0.39 is 5.97 Å². The van der Waals surface area contributed by atoms with Crippen LogP contribution in [0.1, 0.15) is 36.4 Å². The minimum atomic E-state index is -0.516. The Morgan fingerprint density at radius 1 is 1.00 bits per heavy atom. The molecule has 6 nitrogen and oxygen atoms in total. The van der Waals surface area contributed by atoms with Gasteiger partial charge in [0.1, 0.15) is 5.75 Å². The van der Waals surface area contributed by atoms with Crippen LogP contribution in [-0.2, 0) is 20.9 Å². The molecule has 0 radical (unpaired) electrons. The predicted octanol–water partition coefficient (Wildman–Crippen LogP) is 5.37. The molecule has 0 saturated carbocycles. The Morgan fingerprint density at radius 3 is 2.31 bits per heavy atom. The molecule has 0 N–H and O–H groups in total. The van der Waals surface area contributed by atoms with Crippen LogP contribution in [0.5, 0.6) is 5.75 Å². The Kier molecular flexibility index (Phi) is 6.92. The van der Waals surface area contributed by atoms with Gasteiger partial charge in [-0.2, -0.15) is 0 Å². The molecule has 35 heavy (non-hydrogen) atoms. The van der Waals surface area contributed by atoms with Gasteiger partial charge in [0, 0.05) is 22.8 Å². The molecule has 1 aliphatic heterocycles.